The van der Waals surface area contributed by atoms with E-state index >= 15 is 0 Å². The van der Waals surface area contributed by atoms with E-state index in [1.165, 1.54) is 77.7 Å². The molecule has 0 fully saturated rings. The Hall–Kier alpha value is -6.70. The lowest BCUT2D eigenvalue weighted by atomic mass is 9.74. The Morgan fingerprint density at radius 2 is 1.26 bits per heavy atom. The highest BCUT2D eigenvalue weighted by atomic mass is 15.1. The SMILES string of the molecule is C1=CCC=C2CC(c3ccc(N(C4=CCC=CC=C4)c4ccc(-c5ccc(CCC6Cc7ccccc7-c7ccc8ccccc8c76)cc5)cc4)cc3)=CC=CC2=C1. The second-order valence-electron chi connectivity index (χ2n) is 15.9. The van der Waals surface area contributed by atoms with Crippen LogP contribution in [0.4, 0.5) is 11.4 Å². The first-order valence-corrected chi connectivity index (χ1v) is 20.9. The molecule has 0 saturated carbocycles. The predicted octanol–water partition coefficient (Wildman–Crippen LogP) is 15.1. The lowest BCUT2D eigenvalue weighted by molar-refractivity contribution is 0.620. The monoisotopic (exact) mass is 745 g/mol. The fraction of sp³-hybridized carbons (Fsp3) is 0.123. The number of allylic oxidation sites excluding steroid dienone is 15. The standard InChI is InChI=1S/C57H47N/c1-2-7-20-51(19-6-1)58(53-36-31-45(32-37-53)48-18-12-17-42-13-4-3-5-15-47(42)39-48)52-34-29-44(30-35-52)43-26-23-41(24-27-43)25-28-50-40-49-16-9-10-21-54(49)56-38-33-46-14-8-11-22-55(46)57(50)56/h1-4,6,8-24,26-27,29-38,50H,5,7,25,28,39-40H2. The van der Waals surface area contributed by atoms with E-state index in [1.54, 1.807) is 0 Å². The van der Waals surface area contributed by atoms with Crippen molar-refractivity contribution < 1.29 is 0 Å². The van der Waals surface area contributed by atoms with Crippen LogP contribution in [-0.2, 0) is 12.8 Å². The molecule has 6 aromatic rings. The van der Waals surface area contributed by atoms with Gasteiger partial charge < -0.3 is 4.90 Å². The summed E-state index contributed by atoms with van der Waals surface area (Å²) in [6.45, 7) is 0. The van der Waals surface area contributed by atoms with Crippen molar-refractivity contribution in [1.29, 1.82) is 0 Å². The van der Waals surface area contributed by atoms with Crippen molar-refractivity contribution in [1.82, 2.24) is 0 Å². The van der Waals surface area contributed by atoms with Crippen molar-refractivity contribution >= 4 is 27.7 Å². The first kappa shape index (κ1) is 35.7. The largest absolute Gasteiger partial charge is 0.311 e. The first-order chi connectivity index (χ1) is 28.7. The number of anilines is 2. The van der Waals surface area contributed by atoms with Gasteiger partial charge in [-0.1, -0.05) is 176 Å². The Labute approximate surface area is 343 Å². The molecule has 4 aliphatic carbocycles. The Morgan fingerprint density at radius 3 is 2.10 bits per heavy atom. The molecule has 0 heterocycles. The maximum atomic E-state index is 2.38. The molecule has 1 nitrogen and oxygen atoms in total. The summed E-state index contributed by atoms with van der Waals surface area (Å²) in [5, 5.41) is 2.74. The van der Waals surface area contributed by atoms with Gasteiger partial charge in [-0.25, -0.2) is 0 Å². The molecule has 0 amide bonds. The van der Waals surface area contributed by atoms with Crippen molar-refractivity contribution in [3.8, 4) is 22.3 Å². The van der Waals surface area contributed by atoms with E-state index in [9.17, 15) is 0 Å². The van der Waals surface area contributed by atoms with E-state index in [4.69, 9.17) is 0 Å². The third-order valence-electron chi connectivity index (χ3n) is 12.3. The van der Waals surface area contributed by atoms with E-state index in [1.807, 2.05) is 0 Å². The van der Waals surface area contributed by atoms with Gasteiger partial charge in [-0.05, 0) is 147 Å². The molecule has 0 aromatic heterocycles. The number of aryl methyl sites for hydroxylation is 1. The molecule has 280 valence electrons. The van der Waals surface area contributed by atoms with Crippen LogP contribution in [0.2, 0.25) is 0 Å². The van der Waals surface area contributed by atoms with Crippen molar-refractivity contribution in [3.05, 3.63) is 245 Å². The van der Waals surface area contributed by atoms with E-state index in [2.05, 4.69) is 211 Å². The smallest absolute Gasteiger partial charge is 0.0461 e. The van der Waals surface area contributed by atoms with Gasteiger partial charge >= 0.3 is 0 Å². The third kappa shape index (κ3) is 7.21. The maximum Gasteiger partial charge on any atom is 0.0461 e. The third-order valence-corrected chi connectivity index (χ3v) is 12.3. The van der Waals surface area contributed by atoms with E-state index < -0.39 is 0 Å². The summed E-state index contributed by atoms with van der Waals surface area (Å²) < 4.78 is 0. The minimum Gasteiger partial charge on any atom is -0.311 e. The minimum absolute atomic E-state index is 0.491. The number of nitrogens with zero attached hydrogens (tertiary/aromatic N) is 1. The Bertz CT molecular complexity index is 2740. The molecular formula is C57H47N. The van der Waals surface area contributed by atoms with Gasteiger partial charge in [0, 0.05) is 17.1 Å². The summed E-state index contributed by atoms with van der Waals surface area (Å²) in [5.41, 5.74) is 18.5. The van der Waals surface area contributed by atoms with Gasteiger partial charge in [0.05, 0.1) is 0 Å². The Morgan fingerprint density at radius 1 is 0.534 bits per heavy atom. The van der Waals surface area contributed by atoms with Gasteiger partial charge in [0.1, 0.15) is 0 Å². The van der Waals surface area contributed by atoms with Gasteiger partial charge in [0.15, 0.2) is 0 Å². The molecule has 1 unspecified atom stereocenters. The molecule has 4 aliphatic rings. The summed E-state index contributed by atoms with van der Waals surface area (Å²) in [6, 6.07) is 50.1. The molecule has 0 radical (unpaired) electrons. The molecule has 0 saturated heterocycles. The van der Waals surface area contributed by atoms with Gasteiger partial charge in [-0.3, -0.25) is 0 Å². The zero-order valence-corrected chi connectivity index (χ0v) is 32.9. The molecule has 58 heavy (non-hydrogen) atoms. The van der Waals surface area contributed by atoms with Crippen molar-refractivity contribution in [3.63, 3.8) is 0 Å². The molecule has 6 aromatic carbocycles. The van der Waals surface area contributed by atoms with Crippen molar-refractivity contribution in [2.24, 2.45) is 0 Å². The van der Waals surface area contributed by atoms with E-state index in [0.29, 0.717) is 5.92 Å². The van der Waals surface area contributed by atoms with Crippen molar-refractivity contribution in [2.45, 2.75) is 44.4 Å². The highest BCUT2D eigenvalue weighted by Crippen LogP contribution is 2.45. The Kier molecular flexibility index (Phi) is 9.87. The lowest BCUT2D eigenvalue weighted by Crippen LogP contribution is -2.15. The fourth-order valence-corrected chi connectivity index (χ4v) is 9.31. The molecule has 0 N–H and O–H groups in total. The topological polar surface area (TPSA) is 3.24 Å². The average molecular weight is 746 g/mol. The van der Waals surface area contributed by atoms with Crippen LogP contribution in [0.25, 0.3) is 38.6 Å². The maximum absolute atomic E-state index is 2.38. The van der Waals surface area contributed by atoms with Crippen LogP contribution in [0, 0.1) is 0 Å². The number of benzene rings is 6. The summed E-state index contributed by atoms with van der Waals surface area (Å²) in [4.78, 5) is 2.38. The summed E-state index contributed by atoms with van der Waals surface area (Å²) >= 11 is 0. The lowest BCUT2D eigenvalue weighted by Gasteiger charge is -2.29. The van der Waals surface area contributed by atoms with Crippen LogP contribution in [0.15, 0.2) is 223 Å². The molecule has 0 bridgehead atoms. The van der Waals surface area contributed by atoms with Gasteiger partial charge in [0.25, 0.3) is 0 Å². The van der Waals surface area contributed by atoms with Crippen LogP contribution in [0.1, 0.15) is 53.9 Å². The highest BCUT2D eigenvalue weighted by Gasteiger charge is 2.26. The van der Waals surface area contributed by atoms with Gasteiger partial charge in [-0.15, -0.1) is 0 Å². The van der Waals surface area contributed by atoms with Crippen LogP contribution >= 0.6 is 0 Å². The Balaban J connectivity index is 0.871. The highest BCUT2D eigenvalue weighted by molar-refractivity contribution is 5.94. The fourth-order valence-electron chi connectivity index (χ4n) is 9.31. The number of hydrogen-bond donors (Lipinski definition) is 0. The summed E-state index contributed by atoms with van der Waals surface area (Å²) in [7, 11) is 0. The first-order valence-electron chi connectivity index (χ1n) is 20.9. The van der Waals surface area contributed by atoms with Gasteiger partial charge in [-0.2, -0.15) is 0 Å². The number of rotatable bonds is 8. The zero-order valence-electron chi connectivity index (χ0n) is 32.9. The van der Waals surface area contributed by atoms with E-state index in [0.717, 1.165) is 49.9 Å². The quantitative estimate of drug-likeness (QED) is 0.150. The molecule has 0 aliphatic heterocycles. The second-order valence-corrected chi connectivity index (χ2v) is 15.9. The molecular weight excluding hydrogens is 699 g/mol. The second kappa shape index (κ2) is 16.0. The molecule has 0 spiro atoms. The summed E-state index contributed by atoms with van der Waals surface area (Å²) in [6.07, 6.45) is 32.8. The molecule has 1 atom stereocenters. The normalized spacial score (nSPS) is 16.8. The van der Waals surface area contributed by atoms with Crippen LogP contribution in [-0.4, -0.2) is 0 Å². The minimum atomic E-state index is 0.491. The van der Waals surface area contributed by atoms with Crippen LogP contribution < -0.4 is 4.90 Å². The van der Waals surface area contributed by atoms with E-state index in [-0.39, 0.29) is 0 Å². The predicted molar refractivity (Wildman–Crippen MR) is 247 cm³/mol. The van der Waals surface area contributed by atoms with Crippen LogP contribution in [0.3, 0.4) is 0 Å². The molecule has 10 rings (SSSR count). The van der Waals surface area contributed by atoms with Crippen molar-refractivity contribution in [2.75, 3.05) is 4.90 Å². The number of fused-ring (bicyclic) bond motifs is 6. The van der Waals surface area contributed by atoms with Crippen LogP contribution in [0.5, 0.6) is 0 Å². The number of hydrogen-bond acceptors (Lipinski definition) is 1. The summed E-state index contributed by atoms with van der Waals surface area (Å²) in [5.74, 6) is 0.491. The van der Waals surface area contributed by atoms with Gasteiger partial charge in [0.2, 0.25) is 0 Å². The zero-order chi connectivity index (χ0) is 38.7. The average Bonchev–Trinajstić information content (AvgIpc) is 3.77. The molecule has 1 heteroatoms.